The first-order valence-electron chi connectivity index (χ1n) is 5.88. The van der Waals surface area contributed by atoms with Crippen LogP contribution < -0.4 is 0 Å². The van der Waals surface area contributed by atoms with Crippen molar-refractivity contribution < 1.29 is 22.4 Å². The second-order valence-corrected chi connectivity index (χ2v) is 5.13. The van der Waals surface area contributed by atoms with Gasteiger partial charge in [-0.15, -0.1) is 11.8 Å². The lowest BCUT2D eigenvalue weighted by molar-refractivity contribution is -0.140. The molecule has 2 aromatic carbocycles. The van der Waals surface area contributed by atoms with Crippen molar-refractivity contribution in [3.63, 3.8) is 0 Å². The number of carbonyl (C=O) groups excluding carboxylic acids is 1. The summed E-state index contributed by atoms with van der Waals surface area (Å²) in [7, 11) is 0. The maximum Gasteiger partial charge on any atom is 0.419 e. The Hall–Kier alpha value is -1.82. The molecule has 0 unspecified atom stereocenters. The zero-order chi connectivity index (χ0) is 15.6. The fourth-order valence-corrected chi connectivity index (χ4v) is 2.20. The highest BCUT2D eigenvalue weighted by Crippen LogP contribution is 2.32. The Bertz CT molecular complexity index is 662. The van der Waals surface area contributed by atoms with E-state index in [-0.39, 0.29) is 11.1 Å². The molecule has 110 valence electrons. The van der Waals surface area contributed by atoms with Crippen molar-refractivity contribution in [2.75, 3.05) is 6.26 Å². The molecular formula is C15H10F4OS. The van der Waals surface area contributed by atoms with Crippen LogP contribution in [0.2, 0.25) is 0 Å². The molecule has 0 aliphatic carbocycles. The smallest absolute Gasteiger partial charge is 0.289 e. The Morgan fingerprint density at radius 2 is 1.57 bits per heavy atom. The first kappa shape index (κ1) is 15.6. The molecule has 0 amide bonds. The molecule has 2 aromatic rings. The third-order valence-corrected chi connectivity index (χ3v) is 3.63. The van der Waals surface area contributed by atoms with Crippen molar-refractivity contribution in [3.8, 4) is 0 Å². The van der Waals surface area contributed by atoms with Gasteiger partial charge in [0.15, 0.2) is 5.78 Å². The maximum absolute atomic E-state index is 13.2. The Morgan fingerprint density at radius 1 is 1.00 bits per heavy atom. The lowest BCUT2D eigenvalue weighted by atomic mass is 10.0. The quantitative estimate of drug-likeness (QED) is 0.460. The summed E-state index contributed by atoms with van der Waals surface area (Å²) in [4.78, 5) is 13.1. The maximum atomic E-state index is 13.2. The minimum atomic E-state index is -4.83. The second kappa shape index (κ2) is 5.89. The van der Waals surface area contributed by atoms with E-state index in [1.165, 1.54) is 23.9 Å². The first-order valence-corrected chi connectivity index (χ1v) is 7.11. The molecule has 0 atom stereocenters. The number of thioether (sulfide) groups is 1. The molecule has 6 heteroatoms. The molecular weight excluding hydrogens is 304 g/mol. The fourth-order valence-electron chi connectivity index (χ4n) is 1.79. The van der Waals surface area contributed by atoms with Crippen LogP contribution >= 0.6 is 11.8 Å². The number of carbonyl (C=O) groups is 1. The van der Waals surface area contributed by atoms with Gasteiger partial charge in [-0.05, 0) is 48.7 Å². The molecule has 0 aliphatic heterocycles. The molecule has 0 spiro atoms. The number of alkyl halides is 3. The normalized spacial score (nSPS) is 11.5. The highest BCUT2D eigenvalue weighted by atomic mass is 32.2. The largest absolute Gasteiger partial charge is 0.419 e. The van der Waals surface area contributed by atoms with Crippen molar-refractivity contribution in [1.29, 1.82) is 0 Å². The molecule has 0 fully saturated rings. The van der Waals surface area contributed by atoms with E-state index in [1.807, 2.05) is 6.26 Å². The van der Waals surface area contributed by atoms with Gasteiger partial charge in [0.25, 0.3) is 0 Å². The molecule has 2 rings (SSSR count). The van der Waals surface area contributed by atoms with E-state index in [2.05, 4.69) is 0 Å². The Kier molecular flexibility index (Phi) is 4.37. The predicted molar refractivity (Wildman–Crippen MR) is 73.1 cm³/mol. The van der Waals surface area contributed by atoms with E-state index in [4.69, 9.17) is 0 Å². The van der Waals surface area contributed by atoms with Crippen molar-refractivity contribution in [2.24, 2.45) is 0 Å². The van der Waals surface area contributed by atoms with Crippen LogP contribution in [0.1, 0.15) is 21.5 Å². The summed E-state index contributed by atoms with van der Waals surface area (Å²) in [5.74, 6) is -1.97. The standard InChI is InChI=1S/C15H10F4OS/c1-21-11-5-2-9(3-6-11)14(20)10-4-7-13(16)12(8-10)15(17,18)19/h2-8H,1H3. The molecule has 0 radical (unpaired) electrons. The van der Waals surface area contributed by atoms with Crippen molar-refractivity contribution in [1.82, 2.24) is 0 Å². The van der Waals surface area contributed by atoms with Gasteiger partial charge in [-0.2, -0.15) is 13.2 Å². The Balaban J connectivity index is 2.39. The summed E-state index contributed by atoms with van der Waals surface area (Å²) in [6.45, 7) is 0. The molecule has 0 aliphatic rings. The minimum absolute atomic E-state index is 0.194. The van der Waals surface area contributed by atoms with E-state index < -0.39 is 23.3 Å². The van der Waals surface area contributed by atoms with E-state index in [1.54, 1.807) is 12.1 Å². The first-order chi connectivity index (χ1) is 9.82. The van der Waals surface area contributed by atoms with Crippen LogP contribution in [0.25, 0.3) is 0 Å². The van der Waals surface area contributed by atoms with Gasteiger partial charge in [0, 0.05) is 16.0 Å². The topological polar surface area (TPSA) is 17.1 Å². The monoisotopic (exact) mass is 314 g/mol. The number of rotatable bonds is 3. The SMILES string of the molecule is CSc1ccc(C(=O)c2ccc(F)c(C(F)(F)F)c2)cc1. The summed E-state index contributed by atoms with van der Waals surface area (Å²) in [5, 5.41) is 0. The lowest BCUT2D eigenvalue weighted by Gasteiger charge is -2.10. The molecule has 0 aromatic heterocycles. The fraction of sp³-hybridized carbons (Fsp3) is 0.133. The lowest BCUT2D eigenvalue weighted by Crippen LogP contribution is -2.11. The van der Waals surface area contributed by atoms with E-state index >= 15 is 0 Å². The number of hydrogen-bond acceptors (Lipinski definition) is 2. The van der Waals surface area contributed by atoms with Gasteiger partial charge < -0.3 is 0 Å². The average Bonchev–Trinajstić information content (AvgIpc) is 2.46. The molecule has 0 saturated heterocycles. The van der Waals surface area contributed by atoms with Crippen LogP contribution in [0.15, 0.2) is 47.4 Å². The van der Waals surface area contributed by atoms with Gasteiger partial charge in [0.1, 0.15) is 5.82 Å². The highest BCUT2D eigenvalue weighted by Gasteiger charge is 2.34. The van der Waals surface area contributed by atoms with Gasteiger partial charge in [0.2, 0.25) is 0 Å². The third-order valence-electron chi connectivity index (χ3n) is 2.89. The predicted octanol–water partition coefficient (Wildman–Crippen LogP) is 4.80. The molecule has 0 saturated carbocycles. The van der Waals surface area contributed by atoms with Crippen LogP contribution in [0, 0.1) is 5.82 Å². The van der Waals surface area contributed by atoms with Gasteiger partial charge >= 0.3 is 6.18 Å². The number of benzene rings is 2. The molecule has 0 heterocycles. The van der Waals surface area contributed by atoms with Crippen molar-refractivity contribution >= 4 is 17.5 Å². The number of halogens is 4. The second-order valence-electron chi connectivity index (χ2n) is 4.25. The summed E-state index contributed by atoms with van der Waals surface area (Å²) in [6.07, 6.45) is -2.96. The van der Waals surface area contributed by atoms with Gasteiger partial charge in [-0.3, -0.25) is 4.79 Å². The zero-order valence-corrected chi connectivity index (χ0v) is 11.7. The number of hydrogen-bond donors (Lipinski definition) is 0. The van der Waals surface area contributed by atoms with Crippen LogP contribution in [0.4, 0.5) is 17.6 Å². The summed E-state index contributed by atoms with van der Waals surface area (Å²) < 4.78 is 51.1. The third kappa shape index (κ3) is 3.44. The molecule has 1 nitrogen and oxygen atoms in total. The van der Waals surface area contributed by atoms with Gasteiger partial charge in [-0.1, -0.05) is 0 Å². The average molecular weight is 314 g/mol. The van der Waals surface area contributed by atoms with Crippen LogP contribution in [-0.4, -0.2) is 12.0 Å². The van der Waals surface area contributed by atoms with E-state index in [9.17, 15) is 22.4 Å². The van der Waals surface area contributed by atoms with Crippen molar-refractivity contribution in [3.05, 3.63) is 65.0 Å². The Morgan fingerprint density at radius 3 is 2.10 bits per heavy atom. The van der Waals surface area contributed by atoms with Gasteiger partial charge in [-0.25, -0.2) is 4.39 Å². The summed E-state index contributed by atoms with van der Waals surface area (Å²) in [5.41, 5.74) is -1.37. The highest BCUT2D eigenvalue weighted by molar-refractivity contribution is 7.98. The molecule has 0 N–H and O–H groups in total. The van der Waals surface area contributed by atoms with Gasteiger partial charge in [0.05, 0.1) is 5.56 Å². The van der Waals surface area contributed by atoms with Crippen LogP contribution in [0.3, 0.4) is 0 Å². The van der Waals surface area contributed by atoms with Crippen molar-refractivity contribution in [2.45, 2.75) is 11.1 Å². The van der Waals surface area contributed by atoms with E-state index in [0.29, 0.717) is 12.1 Å². The number of ketones is 1. The minimum Gasteiger partial charge on any atom is -0.289 e. The summed E-state index contributed by atoms with van der Waals surface area (Å²) in [6, 6.07) is 8.72. The van der Waals surface area contributed by atoms with Crippen LogP contribution in [-0.2, 0) is 6.18 Å². The van der Waals surface area contributed by atoms with E-state index in [0.717, 1.165) is 11.0 Å². The molecule has 21 heavy (non-hydrogen) atoms. The summed E-state index contributed by atoms with van der Waals surface area (Å²) >= 11 is 1.48. The Labute approximate surface area is 123 Å². The molecule has 0 bridgehead atoms. The zero-order valence-electron chi connectivity index (χ0n) is 10.9. The van der Waals surface area contributed by atoms with Crippen LogP contribution in [0.5, 0.6) is 0 Å².